The molecule has 0 spiro atoms. The van der Waals surface area contributed by atoms with Gasteiger partial charge < -0.3 is 14.2 Å². The molecule has 9 nitrogen and oxygen atoms in total. The molecular weight excluding hydrogens is 482 g/mol. The molecule has 3 aromatic rings. The summed E-state index contributed by atoms with van der Waals surface area (Å²) in [5, 5.41) is 3.94. The molecule has 0 unspecified atom stereocenters. The highest BCUT2D eigenvalue weighted by Crippen LogP contribution is 2.22. The number of halogens is 2. The molecule has 0 radical (unpaired) electrons. The highest BCUT2D eigenvalue weighted by Gasteiger charge is 2.20. The summed E-state index contributed by atoms with van der Waals surface area (Å²) in [5.74, 6) is -1.17. The van der Waals surface area contributed by atoms with Crippen molar-refractivity contribution in [1.29, 1.82) is 0 Å². The van der Waals surface area contributed by atoms with Crippen molar-refractivity contribution in [3.8, 4) is 17.1 Å². The van der Waals surface area contributed by atoms with Gasteiger partial charge in [0.15, 0.2) is 11.6 Å². The van der Waals surface area contributed by atoms with Gasteiger partial charge in [-0.15, -0.1) is 0 Å². The third-order valence-corrected chi connectivity index (χ3v) is 6.23. The summed E-state index contributed by atoms with van der Waals surface area (Å²) in [7, 11) is -2.20. The van der Waals surface area contributed by atoms with Gasteiger partial charge in [-0.2, -0.15) is 4.98 Å². The van der Waals surface area contributed by atoms with Gasteiger partial charge in [-0.3, -0.25) is 9.10 Å². The van der Waals surface area contributed by atoms with Crippen molar-refractivity contribution < 1.29 is 31.3 Å². The molecule has 0 fully saturated rings. The van der Waals surface area contributed by atoms with Crippen molar-refractivity contribution >= 4 is 21.6 Å². The Morgan fingerprint density at radius 1 is 1.11 bits per heavy atom. The molecule has 0 atom stereocenters. The number of carbonyl (C=O) groups is 1. The van der Waals surface area contributed by atoms with E-state index in [0.717, 1.165) is 34.0 Å². The number of anilines is 1. The second kappa shape index (κ2) is 11.3. The molecule has 3 rings (SSSR count). The number of hydrogen-bond donors (Lipinski definition) is 0. The van der Waals surface area contributed by atoms with Crippen LogP contribution in [0.5, 0.6) is 5.75 Å². The normalized spacial score (nSPS) is 11.3. The topological polar surface area (TPSA) is 106 Å². The van der Waals surface area contributed by atoms with Crippen LogP contribution in [0.3, 0.4) is 0 Å². The molecule has 1 heterocycles. The van der Waals surface area contributed by atoms with Crippen molar-refractivity contribution in [1.82, 2.24) is 15.0 Å². The Labute approximate surface area is 202 Å². The number of carbonyl (C=O) groups excluding carboxylic acids is 1. The van der Waals surface area contributed by atoms with Crippen LogP contribution in [0.25, 0.3) is 11.4 Å². The molecule has 12 heteroatoms. The minimum Gasteiger partial charge on any atom is -0.494 e. The Kier molecular flexibility index (Phi) is 8.39. The van der Waals surface area contributed by atoms with Gasteiger partial charge in [-0.05, 0) is 49.7 Å². The summed E-state index contributed by atoms with van der Waals surface area (Å²) in [6.45, 7) is 2.45. The average Bonchev–Trinajstić information content (AvgIpc) is 3.27. The van der Waals surface area contributed by atoms with E-state index >= 15 is 0 Å². The smallest absolute Gasteiger partial charge is 0.246 e. The summed E-state index contributed by atoms with van der Waals surface area (Å²) in [5.41, 5.74) is 0.718. The van der Waals surface area contributed by atoms with Crippen LogP contribution in [-0.4, -0.2) is 55.8 Å². The summed E-state index contributed by atoms with van der Waals surface area (Å²) < 4.78 is 62.6. The summed E-state index contributed by atoms with van der Waals surface area (Å²) in [6.07, 6.45) is 1.14. The first-order chi connectivity index (χ1) is 16.6. The molecule has 1 amide bonds. The fourth-order valence-electron chi connectivity index (χ4n) is 3.29. The first-order valence-corrected chi connectivity index (χ1v) is 12.7. The van der Waals surface area contributed by atoms with E-state index in [-0.39, 0.29) is 43.4 Å². The van der Waals surface area contributed by atoms with Gasteiger partial charge in [0, 0.05) is 31.6 Å². The fourth-order valence-corrected chi connectivity index (χ4v) is 4.24. The van der Waals surface area contributed by atoms with Gasteiger partial charge in [0.25, 0.3) is 0 Å². The molecule has 35 heavy (non-hydrogen) atoms. The predicted octanol–water partition coefficient (Wildman–Crippen LogP) is 3.62. The molecule has 0 N–H and O–H groups in total. The monoisotopic (exact) mass is 508 g/mol. The lowest BCUT2D eigenvalue weighted by molar-refractivity contribution is -0.130. The van der Waals surface area contributed by atoms with E-state index in [2.05, 4.69) is 10.1 Å². The van der Waals surface area contributed by atoms with E-state index in [4.69, 9.17) is 9.26 Å². The minimum absolute atomic E-state index is 0.0140. The molecule has 1 aromatic heterocycles. The van der Waals surface area contributed by atoms with Crippen LogP contribution in [0.15, 0.2) is 47.0 Å². The number of amides is 1. The van der Waals surface area contributed by atoms with Gasteiger partial charge in [0.05, 0.1) is 25.1 Å². The van der Waals surface area contributed by atoms with E-state index in [0.29, 0.717) is 12.4 Å². The maximum Gasteiger partial charge on any atom is 0.246 e. The number of ether oxygens (including phenoxy) is 1. The maximum absolute atomic E-state index is 13.6. The molecular formula is C23H26F2N4O5S. The minimum atomic E-state index is -3.77. The Balaban J connectivity index is 1.56. The largest absolute Gasteiger partial charge is 0.494 e. The fraction of sp³-hybridized carbons (Fsp3) is 0.348. The Morgan fingerprint density at radius 3 is 2.46 bits per heavy atom. The Morgan fingerprint density at radius 2 is 1.83 bits per heavy atom. The zero-order chi connectivity index (χ0) is 25.6. The van der Waals surface area contributed by atoms with Gasteiger partial charge in [-0.1, -0.05) is 5.16 Å². The highest BCUT2D eigenvalue weighted by atomic mass is 32.2. The van der Waals surface area contributed by atoms with E-state index in [1.807, 2.05) is 6.92 Å². The van der Waals surface area contributed by atoms with Gasteiger partial charge in [-0.25, -0.2) is 17.2 Å². The second-order valence-electron chi connectivity index (χ2n) is 7.76. The van der Waals surface area contributed by atoms with Crippen molar-refractivity contribution in [3.05, 3.63) is 60.0 Å². The predicted molar refractivity (Wildman–Crippen MR) is 125 cm³/mol. The van der Waals surface area contributed by atoms with Crippen LogP contribution >= 0.6 is 0 Å². The van der Waals surface area contributed by atoms with Crippen LogP contribution in [0.4, 0.5) is 14.5 Å². The maximum atomic E-state index is 13.6. The number of aromatic nitrogens is 2. The van der Waals surface area contributed by atoms with Gasteiger partial charge in [0.1, 0.15) is 5.75 Å². The summed E-state index contributed by atoms with van der Waals surface area (Å²) in [4.78, 5) is 18.2. The number of sulfonamides is 1. The van der Waals surface area contributed by atoms with Gasteiger partial charge >= 0.3 is 0 Å². The molecule has 0 saturated carbocycles. The highest BCUT2D eigenvalue weighted by molar-refractivity contribution is 7.92. The molecule has 0 aliphatic rings. The van der Waals surface area contributed by atoms with Crippen LogP contribution in [-0.2, 0) is 21.4 Å². The molecule has 2 aromatic carbocycles. The third-order valence-electron chi connectivity index (χ3n) is 5.03. The zero-order valence-electron chi connectivity index (χ0n) is 19.6. The number of benzene rings is 2. The van der Waals surface area contributed by atoms with Crippen molar-refractivity contribution in [3.63, 3.8) is 0 Å². The summed E-state index contributed by atoms with van der Waals surface area (Å²) in [6, 6.07) is 10.0. The SMILES string of the molecule is CCOc1ccc(-c2noc(CN(C)C(=O)CCCN(c3ccc(F)c(F)c3)S(C)(=O)=O)n2)cc1. The average molecular weight is 509 g/mol. The van der Waals surface area contributed by atoms with E-state index < -0.39 is 21.7 Å². The van der Waals surface area contributed by atoms with Gasteiger partial charge in [0.2, 0.25) is 27.6 Å². The molecule has 0 bridgehead atoms. The van der Waals surface area contributed by atoms with Crippen LogP contribution in [0.1, 0.15) is 25.7 Å². The quantitative estimate of drug-likeness (QED) is 0.390. The van der Waals surface area contributed by atoms with Crippen molar-refractivity contribution in [2.45, 2.75) is 26.3 Å². The van der Waals surface area contributed by atoms with Crippen molar-refractivity contribution in [2.24, 2.45) is 0 Å². The lowest BCUT2D eigenvalue weighted by atomic mass is 10.2. The first kappa shape index (κ1) is 26.1. The van der Waals surface area contributed by atoms with E-state index in [9.17, 15) is 22.0 Å². The Hall–Kier alpha value is -3.54. The van der Waals surface area contributed by atoms with Crippen LogP contribution in [0.2, 0.25) is 0 Å². The first-order valence-electron chi connectivity index (χ1n) is 10.8. The number of hydrogen-bond acceptors (Lipinski definition) is 7. The lowest BCUT2D eigenvalue weighted by Gasteiger charge is -2.23. The third kappa shape index (κ3) is 6.98. The standard InChI is InChI=1S/C23H26F2N4O5S/c1-4-33-18-10-7-16(8-11-18)23-26-21(34-27-23)15-28(2)22(30)6-5-13-29(35(3,31)32)17-9-12-19(24)20(25)14-17/h7-12,14H,4-6,13,15H2,1-3H3. The van der Waals surface area contributed by atoms with Crippen molar-refractivity contribution in [2.75, 3.05) is 30.8 Å². The van der Waals surface area contributed by atoms with E-state index in [1.54, 1.807) is 31.3 Å². The van der Waals surface area contributed by atoms with E-state index in [1.165, 1.54) is 11.0 Å². The van der Waals surface area contributed by atoms with Crippen LogP contribution in [0, 0.1) is 11.6 Å². The molecule has 0 aliphatic heterocycles. The molecule has 0 aliphatic carbocycles. The number of nitrogens with zero attached hydrogens (tertiary/aromatic N) is 4. The number of rotatable bonds is 11. The zero-order valence-corrected chi connectivity index (χ0v) is 20.4. The van der Waals surface area contributed by atoms with Crippen LogP contribution < -0.4 is 9.04 Å². The molecule has 188 valence electrons. The molecule has 0 saturated heterocycles. The lowest BCUT2D eigenvalue weighted by Crippen LogP contribution is -2.32. The Bertz CT molecular complexity index is 1270. The summed E-state index contributed by atoms with van der Waals surface area (Å²) >= 11 is 0. The second-order valence-corrected chi connectivity index (χ2v) is 9.66.